The summed E-state index contributed by atoms with van der Waals surface area (Å²) in [6.45, 7) is 4.74. The molecule has 1 aliphatic carbocycles. The number of hydrogen-bond donors (Lipinski definition) is 0. The summed E-state index contributed by atoms with van der Waals surface area (Å²) in [6.07, 6.45) is 0. The van der Waals surface area contributed by atoms with Crippen LogP contribution in [0, 0.1) is 0 Å². The number of hydrogen-bond acceptors (Lipinski definition) is 0. The molecule has 2 heterocycles. The number of benzene rings is 9. The van der Waals surface area contributed by atoms with E-state index in [0.717, 1.165) is 11.4 Å². The highest BCUT2D eigenvalue weighted by atomic mass is 15.0. The minimum absolute atomic E-state index is 0.0942. The molecule has 278 valence electrons. The second kappa shape index (κ2) is 12.8. The molecule has 0 atom stereocenters. The van der Waals surface area contributed by atoms with E-state index in [0.29, 0.717) is 0 Å². The third-order valence-corrected chi connectivity index (χ3v) is 12.9. The summed E-state index contributed by atoms with van der Waals surface area (Å²) >= 11 is 0. The number of nitrogens with zero attached hydrogens (tertiary/aromatic N) is 2. The van der Waals surface area contributed by atoms with Crippen LogP contribution in [0.1, 0.15) is 25.0 Å². The van der Waals surface area contributed by atoms with Crippen LogP contribution in [-0.4, -0.2) is 9.13 Å². The molecule has 2 aromatic heterocycles. The average molecular weight is 753 g/mol. The molecular formula is C57H40N2. The summed E-state index contributed by atoms with van der Waals surface area (Å²) in [5.74, 6) is 0. The maximum absolute atomic E-state index is 2.49. The second-order valence-electron chi connectivity index (χ2n) is 16.6. The van der Waals surface area contributed by atoms with E-state index in [1.165, 1.54) is 99.2 Å². The summed E-state index contributed by atoms with van der Waals surface area (Å²) in [7, 11) is 0. The lowest BCUT2D eigenvalue weighted by molar-refractivity contribution is 0.661. The first-order valence-corrected chi connectivity index (χ1v) is 20.6. The first-order chi connectivity index (χ1) is 29.0. The summed E-state index contributed by atoms with van der Waals surface area (Å²) in [5.41, 5.74) is 19.8. The van der Waals surface area contributed by atoms with E-state index in [2.05, 4.69) is 229 Å². The van der Waals surface area contributed by atoms with Crippen molar-refractivity contribution in [3.63, 3.8) is 0 Å². The monoisotopic (exact) mass is 752 g/mol. The van der Waals surface area contributed by atoms with Gasteiger partial charge in [-0.1, -0.05) is 141 Å². The molecule has 0 saturated carbocycles. The van der Waals surface area contributed by atoms with Crippen molar-refractivity contribution in [3.8, 4) is 55.9 Å². The fourth-order valence-corrected chi connectivity index (χ4v) is 10.0. The van der Waals surface area contributed by atoms with Crippen LogP contribution in [0.4, 0.5) is 0 Å². The predicted octanol–water partition coefficient (Wildman–Crippen LogP) is 15.2. The van der Waals surface area contributed by atoms with Crippen molar-refractivity contribution in [2.75, 3.05) is 0 Å². The van der Waals surface area contributed by atoms with Crippen molar-refractivity contribution in [1.82, 2.24) is 9.13 Å². The Kier molecular flexibility index (Phi) is 7.31. The molecule has 2 nitrogen and oxygen atoms in total. The summed E-state index contributed by atoms with van der Waals surface area (Å²) in [5, 5.41) is 5.01. The Balaban J connectivity index is 1.11. The smallest absolute Gasteiger partial charge is 0.0544 e. The third kappa shape index (κ3) is 5.13. The van der Waals surface area contributed by atoms with Gasteiger partial charge in [0.1, 0.15) is 0 Å². The van der Waals surface area contributed by atoms with Gasteiger partial charge < -0.3 is 9.13 Å². The van der Waals surface area contributed by atoms with Crippen LogP contribution < -0.4 is 0 Å². The van der Waals surface area contributed by atoms with E-state index < -0.39 is 0 Å². The lowest BCUT2D eigenvalue weighted by Crippen LogP contribution is -2.14. The van der Waals surface area contributed by atoms with Gasteiger partial charge in [-0.15, -0.1) is 0 Å². The van der Waals surface area contributed by atoms with Gasteiger partial charge in [0.2, 0.25) is 0 Å². The number of para-hydroxylation sites is 2. The highest BCUT2D eigenvalue weighted by Gasteiger charge is 2.36. The molecule has 11 aromatic rings. The number of aromatic nitrogens is 2. The largest absolute Gasteiger partial charge is 0.309 e. The molecule has 0 saturated heterocycles. The molecule has 12 rings (SSSR count). The predicted molar refractivity (Wildman–Crippen MR) is 249 cm³/mol. The van der Waals surface area contributed by atoms with Gasteiger partial charge in [0, 0.05) is 38.3 Å². The SMILES string of the molecule is CC1(C)c2ccccc2-c2cc3c4ccccc4n(-c4ccc5c(c4)c4cc(-c6cc(-c7ccccc7)cc(-c7ccccc7)c6)ccc4n5-c4ccccc4)c3cc21. The minimum atomic E-state index is -0.0942. The molecule has 0 aliphatic heterocycles. The molecule has 0 N–H and O–H groups in total. The van der Waals surface area contributed by atoms with E-state index in [1.807, 2.05) is 0 Å². The Morgan fingerprint density at radius 1 is 0.288 bits per heavy atom. The lowest BCUT2D eigenvalue weighted by atomic mass is 9.82. The number of rotatable bonds is 5. The van der Waals surface area contributed by atoms with Gasteiger partial charge in [-0.3, -0.25) is 0 Å². The van der Waals surface area contributed by atoms with Crippen LogP contribution in [-0.2, 0) is 5.41 Å². The van der Waals surface area contributed by atoms with Crippen molar-refractivity contribution in [2.24, 2.45) is 0 Å². The van der Waals surface area contributed by atoms with E-state index in [-0.39, 0.29) is 5.41 Å². The van der Waals surface area contributed by atoms with Crippen LogP contribution in [0.15, 0.2) is 206 Å². The van der Waals surface area contributed by atoms with Crippen LogP contribution in [0.3, 0.4) is 0 Å². The van der Waals surface area contributed by atoms with Crippen LogP contribution in [0.25, 0.3) is 99.5 Å². The second-order valence-corrected chi connectivity index (χ2v) is 16.6. The molecule has 2 heteroatoms. The fraction of sp³-hybridized carbons (Fsp3) is 0.0526. The Bertz CT molecular complexity index is 3380. The van der Waals surface area contributed by atoms with Crippen LogP contribution in [0.2, 0.25) is 0 Å². The minimum Gasteiger partial charge on any atom is -0.309 e. The zero-order valence-corrected chi connectivity index (χ0v) is 33.0. The third-order valence-electron chi connectivity index (χ3n) is 12.9. The Morgan fingerprint density at radius 2 is 0.814 bits per heavy atom. The van der Waals surface area contributed by atoms with Crippen molar-refractivity contribution in [2.45, 2.75) is 19.3 Å². The molecular weight excluding hydrogens is 713 g/mol. The van der Waals surface area contributed by atoms with Gasteiger partial charge in [0.25, 0.3) is 0 Å². The molecule has 0 unspecified atom stereocenters. The molecule has 9 aromatic carbocycles. The first-order valence-electron chi connectivity index (χ1n) is 20.6. The molecule has 0 amide bonds. The van der Waals surface area contributed by atoms with Crippen molar-refractivity contribution >= 4 is 43.6 Å². The molecule has 0 spiro atoms. The van der Waals surface area contributed by atoms with Crippen molar-refractivity contribution in [1.29, 1.82) is 0 Å². The van der Waals surface area contributed by atoms with E-state index in [1.54, 1.807) is 0 Å². The van der Waals surface area contributed by atoms with Gasteiger partial charge in [0.05, 0.1) is 22.1 Å². The maximum Gasteiger partial charge on any atom is 0.0544 e. The molecule has 0 bridgehead atoms. The topological polar surface area (TPSA) is 9.86 Å². The fourth-order valence-electron chi connectivity index (χ4n) is 10.0. The first kappa shape index (κ1) is 33.7. The molecule has 0 radical (unpaired) electrons. The van der Waals surface area contributed by atoms with Crippen molar-refractivity contribution in [3.05, 3.63) is 217 Å². The zero-order chi connectivity index (χ0) is 39.2. The van der Waals surface area contributed by atoms with Gasteiger partial charge in [0.15, 0.2) is 0 Å². The Labute approximate surface area is 343 Å². The Hall–Kier alpha value is -7.42. The van der Waals surface area contributed by atoms with Gasteiger partial charge in [-0.2, -0.15) is 0 Å². The van der Waals surface area contributed by atoms with Gasteiger partial charge in [-0.05, 0) is 134 Å². The van der Waals surface area contributed by atoms with Gasteiger partial charge in [-0.25, -0.2) is 0 Å². The van der Waals surface area contributed by atoms with Crippen LogP contribution >= 0.6 is 0 Å². The molecule has 1 aliphatic rings. The molecule has 0 fully saturated rings. The summed E-state index contributed by atoms with van der Waals surface area (Å²) in [4.78, 5) is 0. The zero-order valence-electron chi connectivity index (χ0n) is 33.0. The maximum atomic E-state index is 2.49. The number of fused-ring (bicyclic) bond motifs is 9. The summed E-state index contributed by atoms with van der Waals surface area (Å²) in [6, 6.07) is 76.1. The van der Waals surface area contributed by atoms with Crippen LogP contribution in [0.5, 0.6) is 0 Å². The van der Waals surface area contributed by atoms with Gasteiger partial charge >= 0.3 is 0 Å². The molecule has 59 heavy (non-hydrogen) atoms. The average Bonchev–Trinajstić information content (AvgIpc) is 3.88. The van der Waals surface area contributed by atoms with E-state index in [4.69, 9.17) is 0 Å². The normalized spacial score (nSPS) is 13.1. The lowest BCUT2D eigenvalue weighted by Gasteiger charge is -2.21. The highest BCUT2D eigenvalue weighted by Crippen LogP contribution is 2.51. The van der Waals surface area contributed by atoms with E-state index >= 15 is 0 Å². The van der Waals surface area contributed by atoms with E-state index in [9.17, 15) is 0 Å². The Morgan fingerprint density at radius 3 is 1.53 bits per heavy atom. The highest BCUT2D eigenvalue weighted by molar-refractivity contribution is 6.14. The van der Waals surface area contributed by atoms with Crippen molar-refractivity contribution < 1.29 is 0 Å². The summed E-state index contributed by atoms with van der Waals surface area (Å²) < 4.78 is 4.92. The standard InChI is InChI=1S/C57H40N2/c1-57(2)51-24-14-12-22-45(51)47-35-50-46-23-13-15-25-53(46)59(56(50)36-52(47)57)44-27-29-55-49(34-44)48-33-39(26-28-54(48)58(55)43-20-10-5-11-21-43)42-31-40(37-16-6-3-7-17-37)30-41(32-42)38-18-8-4-9-19-38/h3-36H,1-2H3. The quantitative estimate of drug-likeness (QED) is 0.166.